The SMILES string of the molecule is COc1cccc(-c2nnc(NS(=O)(=O)C(C)C(C)n3cc(C)cn3)n2-c2c(OC)cccc2OC)n1. The zero-order chi connectivity index (χ0) is 26.7. The lowest BCUT2D eigenvalue weighted by atomic mass is 10.2. The highest BCUT2D eigenvalue weighted by Gasteiger charge is 2.32. The first-order valence-corrected chi connectivity index (χ1v) is 12.9. The van der Waals surface area contributed by atoms with Gasteiger partial charge < -0.3 is 14.2 Å². The van der Waals surface area contributed by atoms with Crippen molar-refractivity contribution in [2.75, 3.05) is 26.1 Å². The lowest BCUT2D eigenvalue weighted by Gasteiger charge is -2.22. The van der Waals surface area contributed by atoms with Crippen molar-refractivity contribution in [3.63, 3.8) is 0 Å². The zero-order valence-electron chi connectivity index (χ0n) is 21.4. The largest absolute Gasteiger partial charge is 0.494 e. The minimum absolute atomic E-state index is 0.0573. The predicted molar refractivity (Wildman–Crippen MR) is 138 cm³/mol. The van der Waals surface area contributed by atoms with E-state index in [4.69, 9.17) is 14.2 Å². The van der Waals surface area contributed by atoms with Crippen molar-refractivity contribution in [2.45, 2.75) is 32.1 Å². The molecular formula is C24H29N7O5S. The van der Waals surface area contributed by atoms with Crippen molar-refractivity contribution in [1.29, 1.82) is 0 Å². The Balaban J connectivity index is 1.85. The molecule has 2 atom stereocenters. The molecule has 0 fully saturated rings. The number of aromatic nitrogens is 6. The van der Waals surface area contributed by atoms with Gasteiger partial charge in [-0.05, 0) is 44.5 Å². The number of benzene rings is 1. The normalized spacial score (nSPS) is 13.1. The van der Waals surface area contributed by atoms with E-state index in [0.29, 0.717) is 28.8 Å². The van der Waals surface area contributed by atoms with E-state index in [-0.39, 0.29) is 11.8 Å². The van der Waals surface area contributed by atoms with E-state index in [1.54, 1.807) is 67.3 Å². The van der Waals surface area contributed by atoms with Gasteiger partial charge >= 0.3 is 0 Å². The van der Waals surface area contributed by atoms with E-state index < -0.39 is 21.3 Å². The van der Waals surface area contributed by atoms with Crippen LogP contribution in [0.4, 0.5) is 5.95 Å². The van der Waals surface area contributed by atoms with Crippen LogP contribution in [-0.2, 0) is 10.0 Å². The molecule has 3 heterocycles. The molecule has 0 aliphatic carbocycles. The molecule has 196 valence electrons. The summed E-state index contributed by atoms with van der Waals surface area (Å²) in [7, 11) is 0.551. The summed E-state index contributed by atoms with van der Waals surface area (Å²) in [4.78, 5) is 4.46. The number of nitrogens with one attached hydrogen (secondary N) is 1. The van der Waals surface area contributed by atoms with Crippen molar-refractivity contribution < 1.29 is 22.6 Å². The van der Waals surface area contributed by atoms with Crippen LogP contribution >= 0.6 is 0 Å². The van der Waals surface area contributed by atoms with Crippen LogP contribution < -0.4 is 18.9 Å². The molecule has 2 unspecified atom stereocenters. The summed E-state index contributed by atoms with van der Waals surface area (Å²) < 4.78 is 49.2. The van der Waals surface area contributed by atoms with Crippen LogP contribution in [0.2, 0.25) is 0 Å². The molecular weight excluding hydrogens is 498 g/mol. The minimum atomic E-state index is -3.96. The molecule has 0 aliphatic heterocycles. The summed E-state index contributed by atoms with van der Waals surface area (Å²) in [6.07, 6.45) is 3.48. The van der Waals surface area contributed by atoms with E-state index in [9.17, 15) is 8.42 Å². The third-order valence-electron chi connectivity index (χ3n) is 6.00. The van der Waals surface area contributed by atoms with Crippen LogP contribution in [0.5, 0.6) is 17.4 Å². The Bertz CT molecular complexity index is 1480. The molecule has 12 nitrogen and oxygen atoms in total. The number of aryl methyl sites for hydroxylation is 1. The summed E-state index contributed by atoms with van der Waals surface area (Å²) >= 11 is 0. The molecule has 1 N–H and O–H groups in total. The second-order valence-electron chi connectivity index (χ2n) is 8.35. The molecule has 0 saturated heterocycles. The number of ether oxygens (including phenoxy) is 3. The average molecular weight is 528 g/mol. The number of hydrogen-bond donors (Lipinski definition) is 1. The topological polar surface area (TPSA) is 135 Å². The lowest BCUT2D eigenvalue weighted by molar-refractivity contribution is 0.391. The number of rotatable bonds is 10. The molecule has 0 radical (unpaired) electrons. The summed E-state index contributed by atoms with van der Waals surface area (Å²) in [5.41, 5.74) is 1.74. The first-order chi connectivity index (χ1) is 17.7. The first kappa shape index (κ1) is 25.9. The van der Waals surface area contributed by atoms with Gasteiger partial charge in [0.15, 0.2) is 5.82 Å². The number of sulfonamides is 1. The standard InChI is InChI=1S/C24H29N7O5S/c1-15-13-25-30(14-15)16(2)17(3)37(32,33)29-24-28-27-23(18-9-7-12-21(26-18)36-6)31(24)22-19(34-4)10-8-11-20(22)35-5/h7-14,16-17H,1-6H3,(H,28,29). The van der Waals surface area contributed by atoms with E-state index >= 15 is 0 Å². The van der Waals surface area contributed by atoms with Crippen LogP contribution in [0.3, 0.4) is 0 Å². The number of anilines is 1. The number of para-hydroxylation sites is 1. The molecule has 37 heavy (non-hydrogen) atoms. The number of pyridine rings is 1. The first-order valence-electron chi connectivity index (χ1n) is 11.4. The molecule has 1 aromatic carbocycles. The Labute approximate surface area is 215 Å². The predicted octanol–water partition coefficient (Wildman–Crippen LogP) is 3.25. The van der Waals surface area contributed by atoms with E-state index in [0.717, 1.165) is 5.56 Å². The monoisotopic (exact) mass is 527 g/mol. The third-order valence-corrected chi connectivity index (χ3v) is 7.84. The van der Waals surface area contributed by atoms with Crippen molar-refractivity contribution in [1.82, 2.24) is 29.5 Å². The fourth-order valence-electron chi connectivity index (χ4n) is 3.78. The number of methoxy groups -OCH3 is 3. The van der Waals surface area contributed by atoms with Crippen LogP contribution in [0.15, 0.2) is 48.8 Å². The van der Waals surface area contributed by atoms with Crippen molar-refractivity contribution in [3.8, 4) is 34.6 Å². The van der Waals surface area contributed by atoms with Crippen molar-refractivity contribution in [2.24, 2.45) is 0 Å². The fraction of sp³-hybridized carbons (Fsp3) is 0.333. The fourth-order valence-corrected chi connectivity index (χ4v) is 5.00. The van der Waals surface area contributed by atoms with E-state index in [1.807, 2.05) is 6.92 Å². The number of nitrogens with zero attached hydrogens (tertiary/aromatic N) is 6. The molecule has 0 spiro atoms. The van der Waals surface area contributed by atoms with Gasteiger partial charge in [-0.2, -0.15) is 5.10 Å². The Kier molecular flexibility index (Phi) is 7.34. The Morgan fingerprint density at radius 2 is 1.62 bits per heavy atom. The van der Waals surface area contributed by atoms with Gasteiger partial charge in [0, 0.05) is 12.3 Å². The van der Waals surface area contributed by atoms with Gasteiger partial charge in [0.25, 0.3) is 0 Å². The zero-order valence-corrected chi connectivity index (χ0v) is 22.2. The lowest BCUT2D eigenvalue weighted by Crippen LogP contribution is -2.33. The molecule has 13 heteroatoms. The Hall–Kier alpha value is -4.13. The second kappa shape index (κ2) is 10.5. The molecule has 0 amide bonds. The average Bonchev–Trinajstić information content (AvgIpc) is 3.52. The van der Waals surface area contributed by atoms with Gasteiger partial charge in [-0.3, -0.25) is 14.0 Å². The Morgan fingerprint density at radius 1 is 0.946 bits per heavy atom. The smallest absolute Gasteiger partial charge is 0.243 e. The molecule has 4 aromatic rings. The summed E-state index contributed by atoms with van der Waals surface area (Å²) in [5.74, 6) is 1.38. The van der Waals surface area contributed by atoms with Crippen molar-refractivity contribution in [3.05, 3.63) is 54.4 Å². The van der Waals surface area contributed by atoms with Crippen molar-refractivity contribution >= 4 is 16.0 Å². The van der Waals surface area contributed by atoms with Crippen LogP contribution in [0.25, 0.3) is 17.2 Å². The Morgan fingerprint density at radius 3 is 2.22 bits per heavy atom. The highest BCUT2D eigenvalue weighted by Crippen LogP contribution is 2.38. The highest BCUT2D eigenvalue weighted by molar-refractivity contribution is 7.93. The van der Waals surface area contributed by atoms with Gasteiger partial charge in [-0.1, -0.05) is 12.1 Å². The summed E-state index contributed by atoms with van der Waals surface area (Å²) in [5, 5.41) is 11.9. The second-order valence-corrected chi connectivity index (χ2v) is 10.4. The van der Waals surface area contributed by atoms with Gasteiger partial charge in [0.05, 0.1) is 38.8 Å². The molecule has 4 rings (SSSR count). The van der Waals surface area contributed by atoms with E-state index in [1.165, 1.54) is 25.9 Å². The summed E-state index contributed by atoms with van der Waals surface area (Å²) in [6.45, 7) is 5.29. The van der Waals surface area contributed by atoms with Gasteiger partial charge in [-0.25, -0.2) is 13.4 Å². The molecule has 3 aromatic heterocycles. The van der Waals surface area contributed by atoms with Gasteiger partial charge in [0.2, 0.25) is 21.9 Å². The highest BCUT2D eigenvalue weighted by atomic mass is 32.2. The van der Waals surface area contributed by atoms with Crippen LogP contribution in [-0.4, -0.2) is 64.5 Å². The van der Waals surface area contributed by atoms with Crippen LogP contribution in [0.1, 0.15) is 25.5 Å². The maximum absolute atomic E-state index is 13.5. The van der Waals surface area contributed by atoms with E-state index in [2.05, 4.69) is 25.0 Å². The van der Waals surface area contributed by atoms with Gasteiger partial charge in [-0.15, -0.1) is 10.2 Å². The molecule has 0 bridgehead atoms. The quantitative estimate of drug-likeness (QED) is 0.330. The third kappa shape index (κ3) is 5.07. The summed E-state index contributed by atoms with van der Waals surface area (Å²) in [6, 6.07) is 9.91. The maximum atomic E-state index is 13.5. The molecule has 0 aliphatic rings. The minimum Gasteiger partial charge on any atom is -0.494 e. The number of hydrogen-bond acceptors (Lipinski definition) is 9. The molecule has 0 saturated carbocycles. The maximum Gasteiger partial charge on any atom is 0.243 e. The van der Waals surface area contributed by atoms with Gasteiger partial charge in [0.1, 0.15) is 22.9 Å². The van der Waals surface area contributed by atoms with Crippen LogP contribution in [0, 0.1) is 6.92 Å².